The maximum Gasteiger partial charge on any atom is 0.434 e. The number of guanidine groups is 1. The third kappa shape index (κ3) is 7.55. The molecule has 152 valence electrons. The van der Waals surface area contributed by atoms with Crippen LogP contribution in [0.4, 0.5) is 13.2 Å². The van der Waals surface area contributed by atoms with Gasteiger partial charge >= 0.3 is 6.18 Å². The number of nitrogens with zero attached hydrogens (tertiary/aromatic N) is 2. The van der Waals surface area contributed by atoms with Crippen molar-refractivity contribution >= 4 is 23.2 Å². The smallest absolute Gasteiger partial charge is 0.356 e. The van der Waals surface area contributed by atoms with Gasteiger partial charge < -0.3 is 16.0 Å². The third-order valence-electron chi connectivity index (χ3n) is 3.67. The first-order valence-electron chi connectivity index (χ1n) is 8.65. The molecule has 3 N–H and O–H groups in total. The molecule has 0 atom stereocenters. The molecule has 2 aromatic rings. The third-order valence-corrected chi connectivity index (χ3v) is 4.58. The highest BCUT2D eigenvalue weighted by atomic mass is 32.1. The van der Waals surface area contributed by atoms with Crippen LogP contribution in [0.1, 0.15) is 22.7 Å². The van der Waals surface area contributed by atoms with E-state index < -0.39 is 11.9 Å². The molecule has 0 saturated carbocycles. The molecule has 0 spiro atoms. The molecule has 2 rings (SSSR count). The first-order chi connectivity index (χ1) is 13.4. The van der Waals surface area contributed by atoms with Crippen molar-refractivity contribution in [3.63, 3.8) is 0 Å². The summed E-state index contributed by atoms with van der Waals surface area (Å²) >= 11 is 0.977. The van der Waals surface area contributed by atoms with E-state index in [0.29, 0.717) is 37.0 Å². The highest BCUT2D eigenvalue weighted by Crippen LogP contribution is 2.29. The van der Waals surface area contributed by atoms with E-state index in [9.17, 15) is 18.0 Å². The van der Waals surface area contributed by atoms with Gasteiger partial charge in [0.05, 0.1) is 5.01 Å². The van der Waals surface area contributed by atoms with Crippen molar-refractivity contribution in [2.75, 3.05) is 20.1 Å². The summed E-state index contributed by atoms with van der Waals surface area (Å²) in [6.07, 6.45) is -3.80. The summed E-state index contributed by atoms with van der Waals surface area (Å²) in [5, 5.41) is 10.2. The number of hydrogen-bond acceptors (Lipinski definition) is 4. The standard InChI is InChI=1S/C18H22F3N5OS/c1-22-17(24-10-8-16-26-14(12-28-16)18(19,20)21)23-9-7-15(27)25-11-13-5-3-2-4-6-13/h2-6,12H,7-11H2,1H3,(H,25,27)(H2,22,23,24). The number of alkyl halides is 3. The number of carbonyl (C=O) groups excluding carboxylic acids is 1. The first kappa shape index (κ1) is 21.7. The molecule has 6 nitrogen and oxygen atoms in total. The minimum atomic E-state index is -4.42. The quantitative estimate of drug-likeness (QED) is 0.459. The lowest BCUT2D eigenvalue weighted by molar-refractivity contribution is -0.140. The normalized spacial score (nSPS) is 11.9. The van der Waals surface area contributed by atoms with Crippen LogP contribution in [0, 0.1) is 0 Å². The van der Waals surface area contributed by atoms with Crippen molar-refractivity contribution in [1.29, 1.82) is 0 Å². The van der Waals surface area contributed by atoms with Gasteiger partial charge in [0.25, 0.3) is 0 Å². The molecule has 0 saturated heterocycles. The van der Waals surface area contributed by atoms with Gasteiger partial charge in [-0.05, 0) is 5.56 Å². The van der Waals surface area contributed by atoms with Crippen LogP contribution in [-0.2, 0) is 23.9 Å². The Balaban J connectivity index is 1.63. The minimum Gasteiger partial charge on any atom is -0.356 e. The number of amides is 1. The van der Waals surface area contributed by atoms with Crippen molar-refractivity contribution in [3.05, 3.63) is 52.0 Å². The average molecular weight is 413 g/mol. The van der Waals surface area contributed by atoms with Gasteiger partial charge in [0.1, 0.15) is 0 Å². The summed E-state index contributed by atoms with van der Waals surface area (Å²) in [5.74, 6) is 0.387. The fourth-order valence-corrected chi connectivity index (χ4v) is 3.05. The lowest BCUT2D eigenvalue weighted by Crippen LogP contribution is -2.40. The number of benzene rings is 1. The van der Waals surface area contributed by atoms with Crippen LogP contribution in [0.3, 0.4) is 0 Å². The van der Waals surface area contributed by atoms with Gasteiger partial charge in [0, 0.05) is 44.9 Å². The molecule has 10 heteroatoms. The van der Waals surface area contributed by atoms with Crippen molar-refractivity contribution in [1.82, 2.24) is 20.9 Å². The van der Waals surface area contributed by atoms with Gasteiger partial charge in [0.15, 0.2) is 11.7 Å². The number of carbonyl (C=O) groups is 1. The Labute approximate surface area is 165 Å². The Morgan fingerprint density at radius 3 is 2.50 bits per heavy atom. The fraction of sp³-hybridized carbons (Fsp3) is 0.389. The number of nitrogens with one attached hydrogen (secondary N) is 3. The van der Waals surface area contributed by atoms with E-state index in [1.165, 1.54) is 0 Å². The molecule has 1 amide bonds. The molecule has 1 aromatic heterocycles. The summed E-state index contributed by atoms with van der Waals surface area (Å²) in [4.78, 5) is 19.5. The van der Waals surface area contributed by atoms with Gasteiger partial charge in [-0.25, -0.2) is 4.98 Å². The predicted octanol–water partition coefficient (Wildman–Crippen LogP) is 2.58. The molecule has 0 aliphatic rings. The van der Waals surface area contributed by atoms with E-state index in [1.807, 2.05) is 30.3 Å². The van der Waals surface area contributed by atoms with Crippen molar-refractivity contribution in [3.8, 4) is 0 Å². The lowest BCUT2D eigenvalue weighted by atomic mass is 10.2. The van der Waals surface area contributed by atoms with E-state index in [2.05, 4.69) is 25.9 Å². The molecule has 0 fully saturated rings. The molecule has 1 aromatic carbocycles. The maximum atomic E-state index is 12.5. The Morgan fingerprint density at radius 2 is 1.86 bits per heavy atom. The van der Waals surface area contributed by atoms with Crippen molar-refractivity contribution in [2.24, 2.45) is 4.99 Å². The summed E-state index contributed by atoms with van der Waals surface area (Å²) < 4.78 is 37.6. The van der Waals surface area contributed by atoms with Crippen LogP contribution in [0.25, 0.3) is 0 Å². The zero-order valence-electron chi connectivity index (χ0n) is 15.3. The van der Waals surface area contributed by atoms with Crippen LogP contribution < -0.4 is 16.0 Å². The largest absolute Gasteiger partial charge is 0.434 e. The number of rotatable bonds is 8. The van der Waals surface area contributed by atoms with Gasteiger partial charge in [-0.3, -0.25) is 9.79 Å². The maximum absolute atomic E-state index is 12.5. The summed E-state index contributed by atoms with van der Waals surface area (Å²) in [5.41, 5.74) is 0.161. The number of aliphatic imine (C=N–C) groups is 1. The lowest BCUT2D eigenvalue weighted by Gasteiger charge is -2.11. The van der Waals surface area contributed by atoms with Crippen molar-refractivity contribution in [2.45, 2.75) is 25.6 Å². The van der Waals surface area contributed by atoms with Gasteiger partial charge in [-0.1, -0.05) is 30.3 Å². The second-order valence-electron chi connectivity index (χ2n) is 5.81. The minimum absolute atomic E-state index is 0.0886. The summed E-state index contributed by atoms with van der Waals surface area (Å²) in [6, 6.07) is 9.61. The zero-order chi connectivity index (χ0) is 20.4. The van der Waals surface area contributed by atoms with E-state index in [1.54, 1.807) is 7.05 Å². The molecular formula is C18H22F3N5OS. The van der Waals surface area contributed by atoms with E-state index in [4.69, 9.17) is 0 Å². The Bertz CT molecular complexity index is 777. The molecule has 0 aliphatic carbocycles. The molecule has 0 bridgehead atoms. The first-order valence-corrected chi connectivity index (χ1v) is 9.53. The summed E-state index contributed by atoms with van der Waals surface area (Å²) in [6.45, 7) is 1.24. The van der Waals surface area contributed by atoms with Gasteiger partial charge in [-0.2, -0.15) is 13.2 Å². The van der Waals surface area contributed by atoms with E-state index in [-0.39, 0.29) is 12.3 Å². The van der Waals surface area contributed by atoms with Gasteiger partial charge in [-0.15, -0.1) is 11.3 Å². The van der Waals surface area contributed by atoms with Crippen LogP contribution in [-0.4, -0.2) is 37.0 Å². The molecule has 0 radical (unpaired) electrons. The number of thiazole rings is 1. The van der Waals surface area contributed by atoms with Crippen LogP contribution >= 0.6 is 11.3 Å². The van der Waals surface area contributed by atoms with Gasteiger partial charge in [0.2, 0.25) is 5.91 Å². The number of hydrogen-bond donors (Lipinski definition) is 3. The van der Waals surface area contributed by atoms with Crippen LogP contribution in [0.5, 0.6) is 0 Å². The van der Waals surface area contributed by atoms with Crippen molar-refractivity contribution < 1.29 is 18.0 Å². The monoisotopic (exact) mass is 413 g/mol. The molecular weight excluding hydrogens is 391 g/mol. The highest BCUT2D eigenvalue weighted by Gasteiger charge is 2.33. The van der Waals surface area contributed by atoms with Crippen LogP contribution in [0.2, 0.25) is 0 Å². The molecule has 0 aliphatic heterocycles. The van der Waals surface area contributed by atoms with E-state index >= 15 is 0 Å². The number of halogens is 3. The second-order valence-corrected chi connectivity index (χ2v) is 6.75. The summed E-state index contributed by atoms with van der Waals surface area (Å²) in [7, 11) is 1.58. The number of aromatic nitrogens is 1. The Hall–Kier alpha value is -2.62. The molecule has 28 heavy (non-hydrogen) atoms. The average Bonchev–Trinajstić information content (AvgIpc) is 3.15. The molecule has 0 unspecified atom stereocenters. The SMILES string of the molecule is CN=C(NCCC(=O)NCc1ccccc1)NCCc1nc(C(F)(F)F)cs1. The van der Waals surface area contributed by atoms with E-state index in [0.717, 1.165) is 22.3 Å². The Kier molecular flexibility index (Phi) is 8.24. The molecule has 1 heterocycles. The predicted molar refractivity (Wildman–Crippen MR) is 103 cm³/mol. The zero-order valence-corrected chi connectivity index (χ0v) is 16.2. The Morgan fingerprint density at radius 1 is 1.14 bits per heavy atom. The van der Waals surface area contributed by atoms with Crippen LogP contribution in [0.15, 0.2) is 40.7 Å². The topological polar surface area (TPSA) is 78.4 Å². The highest BCUT2D eigenvalue weighted by molar-refractivity contribution is 7.09. The second kappa shape index (κ2) is 10.6. The fourth-order valence-electron chi connectivity index (χ4n) is 2.24.